The Hall–Kier alpha value is -0.870. The van der Waals surface area contributed by atoms with Gasteiger partial charge in [-0.1, -0.05) is 12.2 Å². The van der Waals surface area contributed by atoms with Crippen molar-refractivity contribution in [1.82, 2.24) is 4.57 Å². The van der Waals surface area contributed by atoms with Crippen LogP contribution in [0.15, 0.2) is 18.3 Å². The Bertz CT molecular complexity index is 397. The first-order chi connectivity index (χ1) is 7.48. The zero-order valence-electron chi connectivity index (χ0n) is 9.77. The van der Waals surface area contributed by atoms with E-state index in [1.54, 1.807) is 0 Å². The van der Waals surface area contributed by atoms with Crippen molar-refractivity contribution in [3.05, 3.63) is 24.0 Å². The van der Waals surface area contributed by atoms with Gasteiger partial charge in [-0.25, -0.2) is 0 Å². The third kappa shape index (κ3) is 2.44. The lowest BCUT2D eigenvalue weighted by molar-refractivity contribution is -0.0216. The molecule has 1 aromatic heterocycles. The van der Waals surface area contributed by atoms with Gasteiger partial charge >= 0.3 is 0 Å². The molecular weight excluding hydrogens is 220 g/mol. The van der Waals surface area contributed by atoms with Crippen molar-refractivity contribution in [2.75, 3.05) is 0 Å². The molecule has 1 saturated heterocycles. The fourth-order valence-electron chi connectivity index (χ4n) is 2.22. The van der Waals surface area contributed by atoms with Crippen molar-refractivity contribution >= 4 is 17.2 Å². The zero-order chi connectivity index (χ0) is 11.8. The highest BCUT2D eigenvalue weighted by atomic mass is 32.1. The normalized spacial score (nSPS) is 23.5. The molecule has 0 saturated carbocycles. The lowest BCUT2D eigenvalue weighted by atomic mass is 10.1. The molecule has 2 rings (SSSR count). The lowest BCUT2D eigenvalue weighted by Gasteiger charge is -2.20. The number of ether oxygens (including phenoxy) is 1. The number of hydrogen-bond acceptors (Lipinski definition) is 2. The van der Waals surface area contributed by atoms with E-state index in [1.807, 2.05) is 18.3 Å². The second kappa shape index (κ2) is 4.18. The molecule has 4 heteroatoms. The van der Waals surface area contributed by atoms with E-state index in [1.165, 1.54) is 0 Å². The highest BCUT2D eigenvalue weighted by Crippen LogP contribution is 2.30. The Morgan fingerprint density at radius 3 is 3.00 bits per heavy atom. The van der Waals surface area contributed by atoms with Crippen LogP contribution in [0.1, 0.15) is 32.4 Å². The molecule has 3 nitrogen and oxygen atoms in total. The molecule has 1 aliphatic rings. The standard InChI is InChI=1S/C12H18N2OS/c1-12(2)6-5-9(15-12)8-14-7-3-4-10(14)11(13)16/h3-4,7,9H,5-6,8H2,1-2H3,(H2,13,16). The maximum Gasteiger partial charge on any atom is 0.120 e. The van der Waals surface area contributed by atoms with E-state index in [2.05, 4.69) is 18.4 Å². The number of rotatable bonds is 3. The average Bonchev–Trinajstić information content (AvgIpc) is 2.73. The molecule has 0 amide bonds. The van der Waals surface area contributed by atoms with Crippen LogP contribution in [0.4, 0.5) is 0 Å². The van der Waals surface area contributed by atoms with Crippen LogP contribution in [-0.2, 0) is 11.3 Å². The van der Waals surface area contributed by atoms with Gasteiger partial charge in [0, 0.05) is 12.7 Å². The van der Waals surface area contributed by atoms with Crippen molar-refractivity contribution < 1.29 is 4.74 Å². The van der Waals surface area contributed by atoms with Gasteiger partial charge in [-0.15, -0.1) is 0 Å². The summed E-state index contributed by atoms with van der Waals surface area (Å²) in [6.45, 7) is 5.11. The highest BCUT2D eigenvalue weighted by Gasteiger charge is 2.31. The predicted molar refractivity (Wildman–Crippen MR) is 68.5 cm³/mol. The van der Waals surface area contributed by atoms with Crippen molar-refractivity contribution in [3.8, 4) is 0 Å². The van der Waals surface area contributed by atoms with Crippen LogP contribution in [0, 0.1) is 0 Å². The van der Waals surface area contributed by atoms with Crippen molar-refractivity contribution in [2.24, 2.45) is 5.73 Å². The van der Waals surface area contributed by atoms with Gasteiger partial charge in [0.2, 0.25) is 0 Å². The number of nitrogens with zero attached hydrogens (tertiary/aromatic N) is 1. The predicted octanol–water partition coefficient (Wildman–Crippen LogP) is 2.08. The van der Waals surface area contributed by atoms with Crippen LogP contribution in [0.25, 0.3) is 0 Å². The molecule has 2 heterocycles. The molecule has 2 N–H and O–H groups in total. The van der Waals surface area contributed by atoms with E-state index in [9.17, 15) is 0 Å². The Morgan fingerprint density at radius 1 is 1.69 bits per heavy atom. The fraction of sp³-hybridized carbons (Fsp3) is 0.583. The van der Waals surface area contributed by atoms with Crippen LogP contribution in [-0.4, -0.2) is 21.3 Å². The molecule has 0 aliphatic carbocycles. The smallest absolute Gasteiger partial charge is 0.120 e. The summed E-state index contributed by atoms with van der Waals surface area (Å²) in [6.07, 6.45) is 4.49. The van der Waals surface area contributed by atoms with Crippen LogP contribution in [0.5, 0.6) is 0 Å². The molecule has 1 aromatic rings. The summed E-state index contributed by atoms with van der Waals surface area (Å²) < 4.78 is 8.03. The van der Waals surface area contributed by atoms with E-state index < -0.39 is 0 Å². The second-order valence-electron chi connectivity index (χ2n) is 4.95. The largest absolute Gasteiger partial charge is 0.388 e. The fourth-order valence-corrected chi connectivity index (χ4v) is 2.41. The molecule has 0 bridgehead atoms. The first kappa shape index (κ1) is 11.6. The number of hydrogen-bond donors (Lipinski definition) is 1. The third-order valence-electron chi connectivity index (χ3n) is 3.04. The monoisotopic (exact) mass is 238 g/mol. The van der Waals surface area contributed by atoms with Gasteiger partial charge in [0.15, 0.2) is 0 Å². The van der Waals surface area contributed by atoms with Crippen molar-refractivity contribution in [2.45, 2.75) is 44.9 Å². The quantitative estimate of drug-likeness (QED) is 0.820. The van der Waals surface area contributed by atoms with E-state index in [-0.39, 0.29) is 11.7 Å². The summed E-state index contributed by atoms with van der Waals surface area (Å²) in [5.74, 6) is 0. The number of aromatic nitrogens is 1. The van der Waals surface area contributed by atoms with E-state index >= 15 is 0 Å². The van der Waals surface area contributed by atoms with Crippen molar-refractivity contribution in [1.29, 1.82) is 0 Å². The first-order valence-corrected chi connectivity index (χ1v) is 6.01. The Morgan fingerprint density at radius 2 is 2.44 bits per heavy atom. The van der Waals surface area contributed by atoms with E-state index in [4.69, 9.17) is 22.7 Å². The topological polar surface area (TPSA) is 40.2 Å². The second-order valence-corrected chi connectivity index (χ2v) is 5.39. The minimum atomic E-state index is 0.0151. The minimum absolute atomic E-state index is 0.0151. The molecular formula is C12H18N2OS. The molecule has 88 valence electrons. The third-order valence-corrected chi connectivity index (χ3v) is 3.25. The maximum atomic E-state index is 5.95. The number of thiocarbonyl (C=S) groups is 1. The summed E-state index contributed by atoms with van der Waals surface area (Å²) in [5, 5.41) is 0. The average molecular weight is 238 g/mol. The van der Waals surface area contributed by atoms with Gasteiger partial charge < -0.3 is 15.0 Å². The summed E-state index contributed by atoms with van der Waals surface area (Å²) in [4.78, 5) is 0.447. The van der Waals surface area contributed by atoms with E-state index in [0.717, 1.165) is 25.1 Å². The number of nitrogens with two attached hydrogens (primary N) is 1. The molecule has 1 aliphatic heterocycles. The van der Waals surface area contributed by atoms with Crippen molar-refractivity contribution in [3.63, 3.8) is 0 Å². The van der Waals surface area contributed by atoms with Crippen LogP contribution in [0.3, 0.4) is 0 Å². The molecule has 0 radical (unpaired) electrons. The molecule has 0 aromatic carbocycles. The summed E-state index contributed by atoms with van der Waals surface area (Å²) >= 11 is 5.01. The highest BCUT2D eigenvalue weighted by molar-refractivity contribution is 7.80. The summed E-state index contributed by atoms with van der Waals surface area (Å²) in [5.41, 5.74) is 6.59. The molecule has 1 fully saturated rings. The summed E-state index contributed by atoms with van der Waals surface area (Å²) in [6, 6.07) is 3.91. The van der Waals surface area contributed by atoms with E-state index in [0.29, 0.717) is 4.99 Å². The zero-order valence-corrected chi connectivity index (χ0v) is 10.6. The van der Waals surface area contributed by atoms with Crippen LogP contribution in [0.2, 0.25) is 0 Å². The first-order valence-electron chi connectivity index (χ1n) is 5.61. The van der Waals surface area contributed by atoms with Crippen LogP contribution < -0.4 is 5.73 Å². The SMILES string of the molecule is CC1(C)CCC(Cn2cccc2C(N)=S)O1. The molecule has 1 unspecified atom stereocenters. The van der Waals surface area contributed by atoms with Gasteiger partial charge in [-0.05, 0) is 38.8 Å². The van der Waals surface area contributed by atoms with Crippen LogP contribution >= 0.6 is 12.2 Å². The molecule has 0 spiro atoms. The lowest BCUT2D eigenvalue weighted by Crippen LogP contribution is -2.24. The maximum absolute atomic E-state index is 5.95. The van der Waals surface area contributed by atoms with Gasteiger partial charge in [-0.2, -0.15) is 0 Å². The Kier molecular flexibility index (Phi) is 3.04. The summed E-state index contributed by atoms with van der Waals surface area (Å²) in [7, 11) is 0. The van der Waals surface area contributed by atoms with Gasteiger partial charge in [0.05, 0.1) is 17.4 Å². The Balaban J connectivity index is 2.05. The van der Waals surface area contributed by atoms with Gasteiger partial charge in [0.1, 0.15) is 4.99 Å². The Labute approximate surface area is 102 Å². The molecule has 1 atom stereocenters. The van der Waals surface area contributed by atoms with Gasteiger partial charge in [-0.3, -0.25) is 0 Å². The molecule has 16 heavy (non-hydrogen) atoms. The minimum Gasteiger partial charge on any atom is -0.388 e. The van der Waals surface area contributed by atoms with Gasteiger partial charge in [0.25, 0.3) is 0 Å².